The van der Waals surface area contributed by atoms with Gasteiger partial charge in [0.1, 0.15) is 0 Å². The number of thioether (sulfide) groups is 1. The van der Waals surface area contributed by atoms with Gasteiger partial charge in [0.2, 0.25) is 0 Å². The first-order chi connectivity index (χ1) is 7.11. The topological polar surface area (TPSA) is 15.3 Å². The van der Waals surface area contributed by atoms with E-state index in [9.17, 15) is 0 Å². The van der Waals surface area contributed by atoms with Gasteiger partial charge in [-0.25, -0.2) is 0 Å². The summed E-state index contributed by atoms with van der Waals surface area (Å²) in [5, 5.41) is 4.39. The highest BCUT2D eigenvalue weighted by Gasteiger charge is 2.20. The maximum Gasteiger partial charge on any atom is 0.0198 e. The first-order valence-corrected chi connectivity index (χ1v) is 7.39. The van der Waals surface area contributed by atoms with Crippen molar-refractivity contribution in [1.29, 1.82) is 0 Å². The van der Waals surface area contributed by atoms with Crippen LogP contribution in [0, 0.1) is 5.92 Å². The molecule has 0 aromatic heterocycles. The molecule has 2 unspecified atom stereocenters. The molecule has 0 aromatic carbocycles. The lowest BCUT2D eigenvalue weighted by Gasteiger charge is -2.35. The Balaban J connectivity index is 2.28. The molecule has 1 aliphatic heterocycles. The smallest absolute Gasteiger partial charge is 0.0198 e. The summed E-state index contributed by atoms with van der Waals surface area (Å²) in [4.78, 5) is 2.62. The maximum absolute atomic E-state index is 3.62. The largest absolute Gasteiger partial charge is 0.311 e. The zero-order chi connectivity index (χ0) is 11.3. The van der Waals surface area contributed by atoms with Crippen molar-refractivity contribution in [3.8, 4) is 0 Å². The average Bonchev–Trinajstić information content (AvgIpc) is 2.17. The van der Waals surface area contributed by atoms with Crippen LogP contribution in [-0.2, 0) is 0 Å². The van der Waals surface area contributed by atoms with Crippen LogP contribution in [0.15, 0.2) is 0 Å². The standard InChI is InChI=1S/C12H26N2S/c1-10(2)7-12-9-14(6-5-13-12)8-11(3)15-4/h10-13H,5-9H2,1-4H3. The summed E-state index contributed by atoms with van der Waals surface area (Å²) in [6.07, 6.45) is 3.52. The first-order valence-electron chi connectivity index (χ1n) is 6.10. The zero-order valence-electron chi connectivity index (χ0n) is 10.6. The fourth-order valence-corrected chi connectivity index (χ4v) is 2.59. The van der Waals surface area contributed by atoms with Gasteiger partial charge in [0.25, 0.3) is 0 Å². The third-order valence-electron chi connectivity index (χ3n) is 3.01. The van der Waals surface area contributed by atoms with Gasteiger partial charge in [-0.1, -0.05) is 20.8 Å². The minimum absolute atomic E-state index is 0.716. The Bertz CT molecular complexity index is 173. The Morgan fingerprint density at radius 3 is 2.73 bits per heavy atom. The van der Waals surface area contributed by atoms with Gasteiger partial charge >= 0.3 is 0 Å². The number of hydrogen-bond acceptors (Lipinski definition) is 3. The molecule has 1 heterocycles. The lowest BCUT2D eigenvalue weighted by molar-refractivity contribution is 0.189. The SMILES string of the molecule is CSC(C)CN1CCNC(CC(C)C)C1. The second-order valence-corrected chi connectivity index (χ2v) is 6.36. The van der Waals surface area contributed by atoms with Crippen molar-refractivity contribution in [2.24, 2.45) is 5.92 Å². The minimum Gasteiger partial charge on any atom is -0.311 e. The first kappa shape index (κ1) is 13.3. The van der Waals surface area contributed by atoms with Crippen molar-refractivity contribution in [2.45, 2.75) is 38.5 Å². The van der Waals surface area contributed by atoms with Crippen LogP contribution >= 0.6 is 11.8 Å². The molecule has 0 amide bonds. The maximum atomic E-state index is 3.62. The molecule has 2 atom stereocenters. The monoisotopic (exact) mass is 230 g/mol. The lowest BCUT2D eigenvalue weighted by Crippen LogP contribution is -2.52. The summed E-state index contributed by atoms with van der Waals surface area (Å²) < 4.78 is 0. The minimum atomic E-state index is 0.716. The molecule has 1 rings (SSSR count). The molecule has 1 saturated heterocycles. The molecule has 0 aromatic rings. The molecular formula is C12H26N2S. The molecule has 3 heteroatoms. The Morgan fingerprint density at radius 1 is 1.40 bits per heavy atom. The van der Waals surface area contributed by atoms with Crippen molar-refractivity contribution in [1.82, 2.24) is 10.2 Å². The lowest BCUT2D eigenvalue weighted by atomic mass is 10.0. The van der Waals surface area contributed by atoms with Crippen LogP contribution in [0.4, 0.5) is 0 Å². The van der Waals surface area contributed by atoms with E-state index in [4.69, 9.17) is 0 Å². The molecule has 0 spiro atoms. The summed E-state index contributed by atoms with van der Waals surface area (Å²) in [6, 6.07) is 0.716. The van der Waals surface area contributed by atoms with Crippen LogP contribution in [0.2, 0.25) is 0 Å². The van der Waals surface area contributed by atoms with E-state index in [1.54, 1.807) is 0 Å². The Hall–Kier alpha value is 0.270. The van der Waals surface area contributed by atoms with Crippen molar-refractivity contribution < 1.29 is 0 Å². The molecule has 1 aliphatic rings. The predicted octanol–water partition coefficient (Wildman–Crippen LogP) is 2.06. The highest BCUT2D eigenvalue weighted by atomic mass is 32.2. The van der Waals surface area contributed by atoms with Crippen LogP contribution in [-0.4, -0.2) is 48.6 Å². The van der Waals surface area contributed by atoms with Crippen LogP contribution in [0.1, 0.15) is 27.2 Å². The third kappa shape index (κ3) is 5.23. The summed E-state index contributed by atoms with van der Waals surface area (Å²) in [5.41, 5.74) is 0. The summed E-state index contributed by atoms with van der Waals surface area (Å²) in [7, 11) is 0. The van der Waals surface area contributed by atoms with Gasteiger partial charge in [0, 0.05) is 37.5 Å². The quantitative estimate of drug-likeness (QED) is 0.778. The summed E-state index contributed by atoms with van der Waals surface area (Å²) in [5.74, 6) is 0.806. The van der Waals surface area contributed by atoms with E-state index in [1.165, 1.54) is 32.6 Å². The van der Waals surface area contributed by atoms with Crippen molar-refractivity contribution in [2.75, 3.05) is 32.4 Å². The fraction of sp³-hybridized carbons (Fsp3) is 1.00. The van der Waals surface area contributed by atoms with Gasteiger partial charge in [-0.2, -0.15) is 11.8 Å². The van der Waals surface area contributed by atoms with Crippen LogP contribution in [0.5, 0.6) is 0 Å². The molecule has 1 N–H and O–H groups in total. The van der Waals surface area contributed by atoms with Crippen molar-refractivity contribution in [3.63, 3.8) is 0 Å². The van der Waals surface area contributed by atoms with Crippen molar-refractivity contribution >= 4 is 11.8 Å². The second-order valence-electron chi connectivity index (χ2n) is 5.09. The highest BCUT2D eigenvalue weighted by molar-refractivity contribution is 7.99. The van der Waals surface area contributed by atoms with E-state index in [0.29, 0.717) is 6.04 Å². The van der Waals surface area contributed by atoms with E-state index in [-0.39, 0.29) is 0 Å². The van der Waals surface area contributed by atoms with E-state index in [2.05, 4.69) is 37.2 Å². The third-order valence-corrected chi connectivity index (χ3v) is 3.97. The van der Waals surface area contributed by atoms with Gasteiger partial charge < -0.3 is 5.32 Å². The molecule has 90 valence electrons. The van der Waals surface area contributed by atoms with Crippen LogP contribution in [0.25, 0.3) is 0 Å². The van der Waals surface area contributed by atoms with E-state index in [0.717, 1.165) is 11.2 Å². The van der Waals surface area contributed by atoms with Gasteiger partial charge in [-0.05, 0) is 18.6 Å². The van der Waals surface area contributed by atoms with E-state index >= 15 is 0 Å². The number of piperazine rings is 1. The van der Waals surface area contributed by atoms with Crippen LogP contribution in [0.3, 0.4) is 0 Å². The van der Waals surface area contributed by atoms with E-state index < -0.39 is 0 Å². The highest BCUT2D eigenvalue weighted by Crippen LogP contribution is 2.12. The number of hydrogen-bond donors (Lipinski definition) is 1. The molecule has 0 saturated carbocycles. The van der Waals surface area contributed by atoms with Gasteiger partial charge in [-0.3, -0.25) is 4.90 Å². The molecule has 0 aliphatic carbocycles. The van der Waals surface area contributed by atoms with E-state index in [1.807, 2.05) is 11.8 Å². The Morgan fingerprint density at radius 2 is 2.13 bits per heavy atom. The van der Waals surface area contributed by atoms with Crippen molar-refractivity contribution in [3.05, 3.63) is 0 Å². The molecule has 2 nitrogen and oxygen atoms in total. The van der Waals surface area contributed by atoms with Gasteiger partial charge in [0.05, 0.1) is 0 Å². The molecule has 1 fully saturated rings. The van der Waals surface area contributed by atoms with Gasteiger partial charge in [0.15, 0.2) is 0 Å². The Labute approximate surface area is 99.2 Å². The molecule has 0 bridgehead atoms. The fourth-order valence-electron chi connectivity index (χ4n) is 2.23. The Kier molecular flexibility index (Phi) is 6.02. The zero-order valence-corrected chi connectivity index (χ0v) is 11.4. The number of rotatable bonds is 5. The van der Waals surface area contributed by atoms with Gasteiger partial charge in [-0.15, -0.1) is 0 Å². The predicted molar refractivity (Wildman–Crippen MR) is 70.7 cm³/mol. The molecule has 0 radical (unpaired) electrons. The number of nitrogens with one attached hydrogen (secondary N) is 1. The number of nitrogens with zero attached hydrogens (tertiary/aromatic N) is 1. The molecule has 15 heavy (non-hydrogen) atoms. The second kappa shape index (κ2) is 6.77. The average molecular weight is 230 g/mol. The van der Waals surface area contributed by atoms with Crippen LogP contribution < -0.4 is 5.32 Å². The summed E-state index contributed by atoms with van der Waals surface area (Å²) in [6.45, 7) is 11.8. The molecular weight excluding hydrogens is 204 g/mol. The summed E-state index contributed by atoms with van der Waals surface area (Å²) >= 11 is 1.97. The normalized spacial score (nSPS) is 25.8.